The molecule has 1 unspecified atom stereocenters. The molecule has 40 heavy (non-hydrogen) atoms. The van der Waals surface area contributed by atoms with Gasteiger partial charge in [-0.25, -0.2) is 0 Å². The zero-order valence-corrected chi connectivity index (χ0v) is 28.3. The second-order valence-corrected chi connectivity index (χ2v) is 13.2. The van der Waals surface area contributed by atoms with Gasteiger partial charge in [0.05, 0.1) is 0 Å². The average Bonchev–Trinajstić information content (AvgIpc) is 3.35. The van der Waals surface area contributed by atoms with Crippen LogP contribution in [0.5, 0.6) is 0 Å². The maximum absolute atomic E-state index is 2.71. The molecule has 0 bridgehead atoms. The lowest BCUT2D eigenvalue weighted by atomic mass is 10.0. The van der Waals surface area contributed by atoms with Crippen LogP contribution in [-0.2, 0) is 0 Å². The summed E-state index contributed by atoms with van der Waals surface area (Å²) in [6.07, 6.45) is 48.5. The van der Waals surface area contributed by atoms with Gasteiger partial charge in [-0.05, 0) is 25.7 Å². The number of rotatable bonds is 32. The molecule has 1 rings (SSSR count). The standard InChI is InChI=1S/C38H76N2/c1-4-7-10-13-16-17-18-19-20-21-22-23-24-26-29-32-35-40-37-36-39(34-31-28-15-12-9-6-3)38(40)33-30-27-25-14-11-8-5-2/h36-38H,4-35H2,1-3H3. The van der Waals surface area contributed by atoms with Gasteiger partial charge in [0.25, 0.3) is 0 Å². The molecule has 0 N–H and O–H groups in total. The molecule has 2 nitrogen and oxygen atoms in total. The number of hydrogen-bond donors (Lipinski definition) is 0. The monoisotopic (exact) mass is 561 g/mol. The Morgan fingerprint density at radius 1 is 0.325 bits per heavy atom. The van der Waals surface area contributed by atoms with Crippen molar-refractivity contribution in [1.82, 2.24) is 9.80 Å². The minimum Gasteiger partial charge on any atom is -0.356 e. The van der Waals surface area contributed by atoms with Gasteiger partial charge < -0.3 is 9.80 Å². The molecule has 0 aromatic heterocycles. The molecule has 1 atom stereocenters. The predicted molar refractivity (Wildman–Crippen MR) is 182 cm³/mol. The number of hydrogen-bond acceptors (Lipinski definition) is 2. The highest BCUT2D eigenvalue weighted by Gasteiger charge is 2.24. The lowest BCUT2D eigenvalue weighted by Crippen LogP contribution is -2.39. The molecule has 0 saturated heterocycles. The molecule has 0 amide bonds. The first kappa shape index (κ1) is 37.4. The van der Waals surface area contributed by atoms with E-state index in [4.69, 9.17) is 0 Å². The SMILES string of the molecule is CCCCCCCCCCCCCCCCCCN1C=CN(CCCCCCCC)C1CCCCCCCCC. The van der Waals surface area contributed by atoms with Crippen molar-refractivity contribution in [2.45, 2.75) is 220 Å². The molecule has 0 fully saturated rings. The van der Waals surface area contributed by atoms with Crippen molar-refractivity contribution in [2.75, 3.05) is 13.1 Å². The molecule has 238 valence electrons. The maximum Gasteiger partial charge on any atom is 0.101 e. The molecule has 2 heteroatoms. The quantitative estimate of drug-likeness (QED) is 0.0755. The minimum atomic E-state index is 0.641. The zero-order chi connectivity index (χ0) is 28.8. The van der Waals surface area contributed by atoms with E-state index in [0.29, 0.717) is 6.17 Å². The van der Waals surface area contributed by atoms with E-state index in [9.17, 15) is 0 Å². The summed E-state index contributed by atoms with van der Waals surface area (Å²) in [7, 11) is 0. The first-order valence-corrected chi connectivity index (χ1v) is 19.0. The van der Waals surface area contributed by atoms with E-state index in [0.717, 1.165) is 0 Å². The van der Waals surface area contributed by atoms with Crippen molar-refractivity contribution in [3.05, 3.63) is 12.4 Å². The van der Waals surface area contributed by atoms with Gasteiger partial charge >= 0.3 is 0 Å². The first-order valence-electron chi connectivity index (χ1n) is 19.0. The van der Waals surface area contributed by atoms with Crippen LogP contribution in [0, 0.1) is 0 Å². The van der Waals surface area contributed by atoms with Crippen molar-refractivity contribution in [3.63, 3.8) is 0 Å². The minimum absolute atomic E-state index is 0.641. The highest BCUT2D eigenvalue weighted by molar-refractivity contribution is 4.97. The summed E-state index contributed by atoms with van der Waals surface area (Å²) >= 11 is 0. The van der Waals surface area contributed by atoms with Crippen LogP contribution in [0.25, 0.3) is 0 Å². The van der Waals surface area contributed by atoms with Crippen LogP contribution in [0.3, 0.4) is 0 Å². The average molecular weight is 561 g/mol. The lowest BCUT2D eigenvalue weighted by Gasteiger charge is -2.33. The molecular weight excluding hydrogens is 484 g/mol. The molecule has 1 aliphatic rings. The van der Waals surface area contributed by atoms with E-state index in [-0.39, 0.29) is 0 Å². The van der Waals surface area contributed by atoms with Crippen LogP contribution in [0.1, 0.15) is 213 Å². The van der Waals surface area contributed by atoms with Gasteiger partial charge in [-0.3, -0.25) is 0 Å². The number of unbranched alkanes of at least 4 members (excludes halogenated alkanes) is 26. The predicted octanol–water partition coefficient (Wildman–Crippen LogP) is 13.2. The fourth-order valence-corrected chi connectivity index (χ4v) is 6.54. The molecule has 1 aliphatic heterocycles. The maximum atomic E-state index is 2.71. The Morgan fingerprint density at radius 3 is 0.875 bits per heavy atom. The van der Waals surface area contributed by atoms with Gasteiger partial charge in [0, 0.05) is 25.5 Å². The van der Waals surface area contributed by atoms with Crippen molar-refractivity contribution < 1.29 is 0 Å². The van der Waals surface area contributed by atoms with Crippen molar-refractivity contribution in [3.8, 4) is 0 Å². The van der Waals surface area contributed by atoms with Crippen molar-refractivity contribution in [1.29, 1.82) is 0 Å². The third-order valence-corrected chi connectivity index (χ3v) is 9.32. The van der Waals surface area contributed by atoms with Crippen LogP contribution in [0.15, 0.2) is 12.4 Å². The third kappa shape index (κ3) is 22.0. The fraction of sp³-hybridized carbons (Fsp3) is 0.947. The fourth-order valence-electron chi connectivity index (χ4n) is 6.54. The molecule has 0 saturated carbocycles. The van der Waals surface area contributed by atoms with E-state index in [1.807, 2.05) is 0 Å². The van der Waals surface area contributed by atoms with E-state index in [1.54, 1.807) is 0 Å². The Labute approximate surface area is 254 Å². The highest BCUT2D eigenvalue weighted by Crippen LogP contribution is 2.24. The topological polar surface area (TPSA) is 6.48 Å². The zero-order valence-electron chi connectivity index (χ0n) is 28.3. The largest absolute Gasteiger partial charge is 0.356 e. The van der Waals surface area contributed by atoms with Gasteiger partial charge in [-0.15, -0.1) is 0 Å². The van der Waals surface area contributed by atoms with Crippen LogP contribution < -0.4 is 0 Å². The second kappa shape index (κ2) is 29.8. The molecular formula is C38H76N2. The normalized spacial score (nSPS) is 15.1. The summed E-state index contributed by atoms with van der Waals surface area (Å²) in [6, 6.07) is 0. The summed E-state index contributed by atoms with van der Waals surface area (Å²) < 4.78 is 0. The Hall–Kier alpha value is -0.660. The van der Waals surface area contributed by atoms with E-state index < -0.39 is 0 Å². The van der Waals surface area contributed by atoms with Crippen LogP contribution in [-0.4, -0.2) is 29.1 Å². The number of nitrogens with zero attached hydrogens (tertiary/aromatic N) is 2. The smallest absolute Gasteiger partial charge is 0.101 e. The lowest BCUT2D eigenvalue weighted by molar-refractivity contribution is 0.135. The van der Waals surface area contributed by atoms with Gasteiger partial charge in [-0.1, -0.05) is 188 Å². The second-order valence-electron chi connectivity index (χ2n) is 13.2. The van der Waals surface area contributed by atoms with Gasteiger partial charge in [0.1, 0.15) is 6.17 Å². The molecule has 0 spiro atoms. The Balaban J connectivity index is 2.12. The molecule has 0 aliphatic carbocycles. The summed E-state index contributed by atoms with van der Waals surface area (Å²) in [5.41, 5.74) is 0. The highest BCUT2D eigenvalue weighted by atomic mass is 15.4. The van der Waals surface area contributed by atoms with E-state index in [1.165, 1.54) is 206 Å². The van der Waals surface area contributed by atoms with Crippen LogP contribution in [0.2, 0.25) is 0 Å². The molecule has 0 aromatic carbocycles. The molecule has 1 heterocycles. The summed E-state index contributed by atoms with van der Waals surface area (Å²) in [5, 5.41) is 0. The van der Waals surface area contributed by atoms with Crippen molar-refractivity contribution >= 4 is 0 Å². The summed E-state index contributed by atoms with van der Waals surface area (Å²) in [4.78, 5) is 5.40. The van der Waals surface area contributed by atoms with Crippen molar-refractivity contribution in [2.24, 2.45) is 0 Å². The van der Waals surface area contributed by atoms with Gasteiger partial charge in [0.15, 0.2) is 0 Å². The first-order chi connectivity index (χ1) is 19.8. The van der Waals surface area contributed by atoms with E-state index in [2.05, 4.69) is 43.0 Å². The summed E-state index contributed by atoms with van der Waals surface area (Å²) in [5.74, 6) is 0. The van der Waals surface area contributed by atoms with Crippen LogP contribution >= 0.6 is 0 Å². The Kier molecular flexibility index (Phi) is 27.9. The van der Waals surface area contributed by atoms with Gasteiger partial charge in [-0.2, -0.15) is 0 Å². The third-order valence-electron chi connectivity index (χ3n) is 9.32. The molecule has 0 radical (unpaired) electrons. The van der Waals surface area contributed by atoms with Gasteiger partial charge in [0.2, 0.25) is 0 Å². The summed E-state index contributed by atoms with van der Waals surface area (Å²) in [6.45, 7) is 9.48. The van der Waals surface area contributed by atoms with E-state index >= 15 is 0 Å². The Bertz CT molecular complexity index is 516. The Morgan fingerprint density at radius 2 is 0.575 bits per heavy atom. The van der Waals surface area contributed by atoms with Crippen LogP contribution in [0.4, 0.5) is 0 Å². The molecule has 0 aromatic rings.